The van der Waals surface area contributed by atoms with Gasteiger partial charge in [0.1, 0.15) is 10.6 Å². The average molecular weight is 369 g/mol. The summed E-state index contributed by atoms with van der Waals surface area (Å²) in [6.45, 7) is 7.12. The number of aromatic nitrogens is 1. The molecule has 2 rings (SSSR count). The van der Waals surface area contributed by atoms with Crippen LogP contribution >= 0.6 is 22.9 Å². The lowest BCUT2D eigenvalue weighted by atomic mass is 10.2. The molecule has 1 aromatic carbocycles. The monoisotopic (exact) mass is 368 g/mol. The lowest BCUT2D eigenvalue weighted by Gasteiger charge is -2.19. The number of anilines is 1. The minimum absolute atomic E-state index is 0.362. The Bertz CT molecular complexity index is 750. The van der Waals surface area contributed by atoms with Crippen molar-refractivity contribution in [1.29, 1.82) is 0 Å². The molecule has 8 heteroatoms. The first kappa shape index (κ1) is 18.2. The van der Waals surface area contributed by atoms with Crippen molar-refractivity contribution in [3.63, 3.8) is 0 Å². The molecule has 1 aromatic heterocycles. The molecule has 0 saturated carbocycles. The number of aryl methyl sites for hydroxylation is 1. The maximum absolute atomic E-state index is 11.7. The molecule has 0 bridgehead atoms. The van der Waals surface area contributed by atoms with Gasteiger partial charge < -0.3 is 9.47 Å². The summed E-state index contributed by atoms with van der Waals surface area (Å²) in [4.78, 5) is 26.9. The topological polar surface area (TPSA) is 77.5 Å². The highest BCUT2D eigenvalue weighted by Crippen LogP contribution is 2.34. The molecule has 0 fully saturated rings. The number of nitrogens with zero attached hydrogens (tertiary/aromatic N) is 1. The van der Waals surface area contributed by atoms with E-state index in [0.717, 1.165) is 5.56 Å². The van der Waals surface area contributed by atoms with Crippen LogP contribution in [0.25, 0.3) is 10.6 Å². The number of carbonyl (C=O) groups excluding carboxylic acids is 2. The molecule has 1 heterocycles. The van der Waals surface area contributed by atoms with Gasteiger partial charge in [0, 0.05) is 22.9 Å². The van der Waals surface area contributed by atoms with Gasteiger partial charge in [-0.15, -0.1) is 0 Å². The van der Waals surface area contributed by atoms with E-state index in [-0.39, 0.29) is 0 Å². The highest BCUT2D eigenvalue weighted by molar-refractivity contribution is 7.17. The summed E-state index contributed by atoms with van der Waals surface area (Å²) in [6.07, 6.45) is -0.517. The maximum Gasteiger partial charge on any atom is 0.412 e. The Morgan fingerprint density at radius 3 is 2.38 bits per heavy atom. The van der Waals surface area contributed by atoms with E-state index in [9.17, 15) is 9.59 Å². The van der Waals surface area contributed by atoms with Crippen molar-refractivity contribution in [3.8, 4) is 15.6 Å². The van der Waals surface area contributed by atoms with Crippen LogP contribution in [-0.4, -0.2) is 22.1 Å². The molecule has 0 atom stereocenters. The van der Waals surface area contributed by atoms with Crippen LogP contribution in [-0.2, 0) is 4.74 Å². The number of carbonyl (C=O) groups is 2. The standard InChI is InChI=1S/C16H17ClN2O4S/c1-9-13(22-14(17)20)24-12(18-9)10-5-7-11(8-6-10)19-15(21)23-16(2,3)4/h5-8H,1-4H3,(H,19,21). The highest BCUT2D eigenvalue weighted by atomic mass is 35.5. The molecule has 0 aliphatic heterocycles. The van der Waals surface area contributed by atoms with Gasteiger partial charge >= 0.3 is 11.5 Å². The predicted octanol–water partition coefficient (Wildman–Crippen LogP) is 5.20. The second-order valence-electron chi connectivity index (χ2n) is 5.94. The Hall–Kier alpha value is -2.12. The second-order valence-corrected chi connectivity index (χ2v) is 7.21. The first-order chi connectivity index (χ1) is 11.1. The molecule has 6 nitrogen and oxygen atoms in total. The van der Waals surface area contributed by atoms with Crippen LogP contribution in [0, 0.1) is 6.92 Å². The SMILES string of the molecule is Cc1nc(-c2ccc(NC(=O)OC(C)(C)C)cc2)sc1OC(=O)Cl. The minimum atomic E-state index is -0.898. The number of amides is 1. The van der Waals surface area contributed by atoms with Crippen molar-refractivity contribution >= 4 is 40.1 Å². The summed E-state index contributed by atoms with van der Waals surface area (Å²) >= 11 is 6.44. The molecule has 0 saturated heterocycles. The zero-order valence-electron chi connectivity index (χ0n) is 13.7. The van der Waals surface area contributed by atoms with Gasteiger partial charge in [-0.1, -0.05) is 11.3 Å². The van der Waals surface area contributed by atoms with Gasteiger partial charge in [0.15, 0.2) is 0 Å². The van der Waals surface area contributed by atoms with Gasteiger partial charge in [-0.3, -0.25) is 5.32 Å². The third-order valence-electron chi connectivity index (χ3n) is 2.70. The smallest absolute Gasteiger partial charge is 0.412 e. The van der Waals surface area contributed by atoms with E-state index in [2.05, 4.69) is 10.3 Å². The van der Waals surface area contributed by atoms with Crippen molar-refractivity contribution in [2.75, 3.05) is 5.32 Å². The number of halogens is 1. The molecule has 0 radical (unpaired) electrons. The van der Waals surface area contributed by atoms with Gasteiger partial charge in [-0.05, 0) is 52.0 Å². The molecular formula is C16H17ClN2O4S. The van der Waals surface area contributed by atoms with Crippen LogP contribution in [0.3, 0.4) is 0 Å². The summed E-state index contributed by atoms with van der Waals surface area (Å²) in [7, 11) is 0. The molecule has 0 spiro atoms. The van der Waals surface area contributed by atoms with E-state index in [4.69, 9.17) is 21.1 Å². The van der Waals surface area contributed by atoms with Crippen LogP contribution in [0.4, 0.5) is 15.3 Å². The molecule has 0 aliphatic carbocycles. The van der Waals surface area contributed by atoms with Gasteiger partial charge in [-0.2, -0.15) is 0 Å². The number of hydrogen-bond acceptors (Lipinski definition) is 6. The molecule has 0 unspecified atom stereocenters. The Morgan fingerprint density at radius 2 is 1.83 bits per heavy atom. The van der Waals surface area contributed by atoms with Crippen molar-refractivity contribution in [1.82, 2.24) is 4.98 Å². The van der Waals surface area contributed by atoms with Crippen LogP contribution in [0.15, 0.2) is 24.3 Å². The Morgan fingerprint density at radius 1 is 1.21 bits per heavy atom. The van der Waals surface area contributed by atoms with Crippen LogP contribution in [0.5, 0.6) is 5.06 Å². The minimum Gasteiger partial charge on any atom is -0.444 e. The normalized spacial score (nSPS) is 11.0. The summed E-state index contributed by atoms with van der Waals surface area (Å²) in [5.41, 5.74) is 0.562. The van der Waals surface area contributed by atoms with E-state index in [1.165, 1.54) is 11.3 Å². The molecule has 0 aliphatic rings. The Kier molecular flexibility index (Phi) is 5.46. The third-order valence-corrected chi connectivity index (χ3v) is 3.87. The van der Waals surface area contributed by atoms with Crippen LogP contribution in [0.2, 0.25) is 0 Å². The summed E-state index contributed by atoms with van der Waals surface area (Å²) in [6, 6.07) is 7.08. The lowest BCUT2D eigenvalue weighted by Crippen LogP contribution is -2.27. The van der Waals surface area contributed by atoms with E-state index in [0.29, 0.717) is 21.5 Å². The van der Waals surface area contributed by atoms with Crippen LogP contribution in [0.1, 0.15) is 26.5 Å². The number of benzene rings is 1. The second kappa shape index (κ2) is 7.19. The summed E-state index contributed by atoms with van der Waals surface area (Å²) in [5, 5.41) is 3.70. The average Bonchev–Trinajstić information content (AvgIpc) is 2.78. The van der Waals surface area contributed by atoms with Crippen molar-refractivity contribution in [3.05, 3.63) is 30.0 Å². The Labute approximate surface area is 148 Å². The maximum atomic E-state index is 11.7. The number of ether oxygens (including phenoxy) is 2. The molecular weight excluding hydrogens is 352 g/mol. The van der Waals surface area contributed by atoms with Crippen molar-refractivity contribution in [2.24, 2.45) is 0 Å². The van der Waals surface area contributed by atoms with Gasteiger partial charge in [0.25, 0.3) is 0 Å². The van der Waals surface area contributed by atoms with Crippen LogP contribution < -0.4 is 10.1 Å². The predicted molar refractivity (Wildman–Crippen MR) is 94.0 cm³/mol. The summed E-state index contributed by atoms with van der Waals surface area (Å²) < 4.78 is 10.1. The molecule has 24 heavy (non-hydrogen) atoms. The fourth-order valence-corrected chi connectivity index (χ4v) is 2.84. The van der Waals surface area contributed by atoms with Crippen molar-refractivity contribution in [2.45, 2.75) is 33.3 Å². The number of nitrogens with one attached hydrogen (secondary N) is 1. The summed E-state index contributed by atoms with van der Waals surface area (Å²) in [5.74, 6) is 0. The first-order valence-electron chi connectivity index (χ1n) is 7.09. The lowest BCUT2D eigenvalue weighted by molar-refractivity contribution is 0.0636. The molecule has 1 amide bonds. The third kappa shape index (κ3) is 5.21. The largest absolute Gasteiger partial charge is 0.444 e. The van der Waals surface area contributed by atoms with E-state index >= 15 is 0 Å². The fraction of sp³-hybridized carbons (Fsp3) is 0.312. The van der Waals surface area contributed by atoms with Crippen molar-refractivity contribution < 1.29 is 19.1 Å². The van der Waals surface area contributed by atoms with Gasteiger partial charge in [0.05, 0.1) is 5.69 Å². The zero-order chi connectivity index (χ0) is 17.9. The van der Waals surface area contributed by atoms with E-state index < -0.39 is 17.1 Å². The zero-order valence-corrected chi connectivity index (χ0v) is 15.2. The fourth-order valence-electron chi connectivity index (χ4n) is 1.79. The van der Waals surface area contributed by atoms with Gasteiger partial charge in [0.2, 0.25) is 5.06 Å². The van der Waals surface area contributed by atoms with E-state index in [1.807, 2.05) is 0 Å². The highest BCUT2D eigenvalue weighted by Gasteiger charge is 2.16. The van der Waals surface area contributed by atoms with E-state index in [1.54, 1.807) is 52.0 Å². The first-order valence-corrected chi connectivity index (χ1v) is 8.29. The quantitative estimate of drug-likeness (QED) is 0.753. The number of hydrogen-bond donors (Lipinski definition) is 1. The number of thiazole rings is 1. The molecule has 1 N–H and O–H groups in total. The van der Waals surface area contributed by atoms with Gasteiger partial charge in [-0.25, -0.2) is 14.6 Å². The number of rotatable bonds is 3. The Balaban J connectivity index is 2.09. The molecule has 2 aromatic rings. The molecule has 128 valence electrons.